The van der Waals surface area contributed by atoms with Crippen molar-refractivity contribution in [2.24, 2.45) is 0 Å². The number of phenolic OH excluding ortho intramolecular Hbond substituents is 1. The Morgan fingerprint density at radius 3 is 2.44 bits per heavy atom. The minimum absolute atomic E-state index is 0.0515. The van der Waals surface area contributed by atoms with E-state index in [0.29, 0.717) is 21.1 Å². The lowest BCUT2D eigenvalue weighted by Crippen LogP contribution is -2.24. The Labute approximate surface area is 195 Å². The number of benzene rings is 1. The van der Waals surface area contributed by atoms with Crippen LogP contribution in [0.2, 0.25) is 0 Å². The van der Waals surface area contributed by atoms with E-state index in [0.717, 1.165) is 0 Å². The molecule has 0 saturated carbocycles. The second kappa shape index (κ2) is 10.5. The van der Waals surface area contributed by atoms with Gasteiger partial charge in [0.25, 0.3) is 0 Å². The number of hydrogen-bond donors (Lipinski definition) is 2. The highest BCUT2D eigenvalue weighted by Gasteiger charge is 2.38. The van der Waals surface area contributed by atoms with Crippen LogP contribution >= 0.6 is 19.7 Å². The van der Waals surface area contributed by atoms with Crippen molar-refractivity contribution in [1.82, 2.24) is 19.5 Å². The molecule has 0 aliphatic rings. The number of nitrogen functional groups attached to an aromatic ring is 1. The van der Waals surface area contributed by atoms with Crippen molar-refractivity contribution in [1.29, 1.82) is 0 Å². The number of ether oxygens (including phenoxy) is 1. The van der Waals surface area contributed by atoms with Crippen LogP contribution in [0.4, 0.5) is 32.3 Å². The molecule has 0 amide bonds. The van der Waals surface area contributed by atoms with E-state index < -0.39 is 45.0 Å². The molecule has 0 fully saturated rings. The van der Waals surface area contributed by atoms with Crippen LogP contribution in [0.25, 0.3) is 11.2 Å². The van der Waals surface area contributed by atoms with Crippen molar-refractivity contribution >= 4 is 36.8 Å². The standard InChI is InChI=1S/C19H20F6N5O2PS/c1-11(32-10-33(7-18(20,21)22)8-19(23,24)25)6-30-9-27-14-15(30)28-17(26)29-16(14)34-13-4-2-3-12(31)5-13/h2-5,9,11,31H,6-8,10H2,1H3,(H2,26,28,29). The molecule has 2 heterocycles. The number of aromatic hydroxyl groups is 1. The molecule has 186 valence electrons. The van der Waals surface area contributed by atoms with Gasteiger partial charge in [0.05, 0.1) is 37.6 Å². The van der Waals surface area contributed by atoms with E-state index in [2.05, 4.69) is 15.0 Å². The minimum Gasteiger partial charge on any atom is -0.508 e. The van der Waals surface area contributed by atoms with E-state index >= 15 is 0 Å². The lowest BCUT2D eigenvalue weighted by Gasteiger charge is -2.23. The molecule has 0 aliphatic carbocycles. The maximum atomic E-state index is 12.7. The van der Waals surface area contributed by atoms with Crippen LogP contribution in [-0.2, 0) is 11.3 Å². The third-order valence-electron chi connectivity index (χ3n) is 4.28. The number of halogens is 6. The fourth-order valence-corrected chi connectivity index (χ4v) is 5.72. The molecule has 0 bridgehead atoms. The summed E-state index contributed by atoms with van der Waals surface area (Å²) in [6.07, 6.45) is -12.4. The summed E-state index contributed by atoms with van der Waals surface area (Å²) in [6, 6.07) is 6.45. The van der Waals surface area contributed by atoms with Crippen LogP contribution in [-0.4, -0.2) is 61.8 Å². The second-order valence-corrected chi connectivity index (χ2v) is 10.7. The van der Waals surface area contributed by atoms with Gasteiger partial charge in [-0.1, -0.05) is 25.7 Å². The highest BCUT2D eigenvalue weighted by Crippen LogP contribution is 2.46. The number of rotatable bonds is 9. The van der Waals surface area contributed by atoms with Crippen molar-refractivity contribution in [2.45, 2.75) is 41.8 Å². The Bertz CT molecular complexity index is 1110. The van der Waals surface area contributed by atoms with Gasteiger partial charge in [-0.15, -0.1) is 0 Å². The number of nitrogens with two attached hydrogens (primary N) is 1. The topological polar surface area (TPSA) is 99.1 Å². The van der Waals surface area contributed by atoms with Gasteiger partial charge in [-0.2, -0.15) is 31.3 Å². The lowest BCUT2D eigenvalue weighted by molar-refractivity contribution is -0.112. The predicted molar refractivity (Wildman–Crippen MR) is 116 cm³/mol. The third kappa shape index (κ3) is 7.88. The molecule has 0 saturated heterocycles. The van der Waals surface area contributed by atoms with Crippen LogP contribution in [0.15, 0.2) is 40.5 Å². The van der Waals surface area contributed by atoms with Gasteiger partial charge < -0.3 is 20.1 Å². The monoisotopic (exact) mass is 527 g/mol. The molecule has 0 spiro atoms. The number of nitrogens with zero attached hydrogens (tertiary/aromatic N) is 4. The summed E-state index contributed by atoms with van der Waals surface area (Å²) in [4.78, 5) is 13.3. The zero-order valence-corrected chi connectivity index (χ0v) is 19.3. The van der Waals surface area contributed by atoms with Crippen molar-refractivity contribution in [3.63, 3.8) is 0 Å². The Morgan fingerprint density at radius 2 is 1.82 bits per heavy atom. The predicted octanol–water partition coefficient (Wildman–Crippen LogP) is 5.23. The van der Waals surface area contributed by atoms with Crippen molar-refractivity contribution in [2.75, 3.05) is 24.4 Å². The molecule has 3 aromatic rings. The summed E-state index contributed by atoms with van der Waals surface area (Å²) in [5.41, 5.74) is 6.54. The molecule has 2 aromatic heterocycles. The van der Waals surface area contributed by atoms with Gasteiger partial charge >= 0.3 is 12.4 Å². The molecule has 34 heavy (non-hydrogen) atoms. The summed E-state index contributed by atoms with van der Waals surface area (Å²) >= 11 is 1.19. The number of hydrogen-bond acceptors (Lipinski definition) is 7. The Kier molecular flexibility index (Phi) is 8.14. The van der Waals surface area contributed by atoms with Crippen molar-refractivity contribution < 1.29 is 36.2 Å². The maximum Gasteiger partial charge on any atom is 0.392 e. The normalized spacial score (nSPS) is 13.6. The van der Waals surface area contributed by atoms with Crippen LogP contribution in [0.3, 0.4) is 0 Å². The molecule has 1 unspecified atom stereocenters. The van der Waals surface area contributed by atoms with Crippen LogP contribution < -0.4 is 5.73 Å². The summed E-state index contributed by atoms with van der Waals surface area (Å²) in [6.45, 7) is 1.61. The number of imidazole rings is 1. The molecular weight excluding hydrogens is 507 g/mol. The first-order valence-corrected chi connectivity index (χ1v) is 12.4. The van der Waals surface area contributed by atoms with Gasteiger partial charge in [-0.25, -0.2) is 9.97 Å². The quantitative estimate of drug-likeness (QED) is 0.223. The number of alkyl halides is 6. The van der Waals surface area contributed by atoms with Crippen molar-refractivity contribution in [3.8, 4) is 5.75 Å². The van der Waals surface area contributed by atoms with Gasteiger partial charge in [-0.05, 0) is 25.1 Å². The zero-order chi connectivity index (χ0) is 25.1. The molecular formula is C19H20F6N5O2PS. The number of aromatic nitrogens is 4. The largest absolute Gasteiger partial charge is 0.508 e. The Balaban J connectivity index is 1.72. The molecule has 7 nitrogen and oxygen atoms in total. The van der Waals surface area contributed by atoms with E-state index in [4.69, 9.17) is 10.5 Å². The Morgan fingerprint density at radius 1 is 1.15 bits per heavy atom. The van der Waals surface area contributed by atoms with Crippen LogP contribution in [0.5, 0.6) is 5.75 Å². The summed E-state index contributed by atoms with van der Waals surface area (Å²) < 4.78 is 83.0. The first kappa shape index (κ1) is 26.3. The van der Waals surface area contributed by atoms with Gasteiger partial charge in [0.15, 0.2) is 5.65 Å². The zero-order valence-electron chi connectivity index (χ0n) is 17.6. The number of fused-ring (bicyclic) bond motifs is 1. The van der Waals surface area contributed by atoms with E-state index in [1.54, 1.807) is 16.7 Å². The molecule has 3 rings (SSSR count). The molecule has 1 atom stereocenters. The first-order chi connectivity index (χ1) is 15.8. The van der Waals surface area contributed by atoms with Crippen LogP contribution in [0.1, 0.15) is 6.92 Å². The maximum absolute atomic E-state index is 12.7. The molecule has 3 N–H and O–H groups in total. The van der Waals surface area contributed by atoms with Gasteiger partial charge in [-0.3, -0.25) is 0 Å². The average Bonchev–Trinajstić information content (AvgIpc) is 3.06. The number of anilines is 1. The second-order valence-electron chi connectivity index (χ2n) is 7.38. The molecule has 0 aliphatic heterocycles. The summed E-state index contributed by atoms with van der Waals surface area (Å²) in [5.74, 6) is 0.0140. The lowest BCUT2D eigenvalue weighted by atomic mass is 10.3. The van der Waals surface area contributed by atoms with E-state index in [9.17, 15) is 31.4 Å². The minimum atomic E-state index is -4.71. The van der Waals surface area contributed by atoms with E-state index in [1.807, 2.05) is 0 Å². The third-order valence-corrected chi connectivity index (χ3v) is 7.38. The Hall–Kier alpha value is -2.31. The smallest absolute Gasteiger partial charge is 0.392 e. The fourth-order valence-electron chi connectivity index (χ4n) is 3.01. The van der Waals surface area contributed by atoms with Gasteiger partial charge in [0.1, 0.15) is 16.3 Å². The average molecular weight is 527 g/mol. The first-order valence-electron chi connectivity index (χ1n) is 9.72. The van der Waals surface area contributed by atoms with E-state index in [1.165, 1.54) is 37.1 Å². The van der Waals surface area contributed by atoms with Gasteiger partial charge in [0, 0.05) is 4.90 Å². The molecule has 1 aromatic carbocycles. The highest BCUT2D eigenvalue weighted by atomic mass is 32.2. The fraction of sp³-hybridized carbons (Fsp3) is 0.421. The highest BCUT2D eigenvalue weighted by molar-refractivity contribution is 7.99. The SMILES string of the molecule is CC(Cn1cnc2c(Sc3cccc(O)c3)nc(N)nc21)OCP(CC(F)(F)F)CC(F)(F)F. The summed E-state index contributed by atoms with van der Waals surface area (Å²) in [5, 5.41) is 10.1. The molecule has 15 heteroatoms. The molecule has 0 radical (unpaired) electrons. The number of phenols is 1. The van der Waals surface area contributed by atoms with Gasteiger partial charge in [0.2, 0.25) is 5.95 Å². The van der Waals surface area contributed by atoms with Crippen LogP contribution in [0, 0.1) is 0 Å². The van der Waals surface area contributed by atoms with E-state index in [-0.39, 0.29) is 18.2 Å². The van der Waals surface area contributed by atoms with Crippen molar-refractivity contribution in [3.05, 3.63) is 30.6 Å². The summed E-state index contributed by atoms with van der Waals surface area (Å²) in [7, 11) is -2.48.